The molecular weight excluding hydrogens is 340 g/mol. The summed E-state index contributed by atoms with van der Waals surface area (Å²) < 4.78 is 5.05. The molecule has 1 aromatic carbocycles. The first kappa shape index (κ1) is 16.5. The van der Waals surface area contributed by atoms with Gasteiger partial charge < -0.3 is 28.7 Å². The molecule has 0 amide bonds. The van der Waals surface area contributed by atoms with E-state index in [-0.39, 0.29) is 43.5 Å². The molecule has 1 rings (SSSR count). The van der Waals surface area contributed by atoms with Gasteiger partial charge in [0.2, 0.25) is 0 Å². The Balaban J connectivity index is 0. The molecule has 0 saturated heterocycles. The first-order chi connectivity index (χ1) is 5.86. The van der Waals surface area contributed by atoms with Crippen molar-refractivity contribution in [3.63, 3.8) is 0 Å². The fourth-order valence-electron chi connectivity index (χ4n) is 1.02. The number of methoxy groups -OCH3 is 1. The molecule has 73 valence electrons. The van der Waals surface area contributed by atoms with E-state index < -0.39 is 0 Å². The molecule has 14 heavy (non-hydrogen) atoms. The second-order valence-electron chi connectivity index (χ2n) is 2.60. The minimum absolute atomic E-state index is 0. The van der Waals surface area contributed by atoms with Crippen LogP contribution >= 0.6 is 0 Å². The Morgan fingerprint density at radius 3 is 2.29 bits per heavy atom. The summed E-state index contributed by atoms with van der Waals surface area (Å²) >= 11 is 0. The van der Waals surface area contributed by atoms with Crippen LogP contribution in [0.25, 0.3) is 0 Å². The fourth-order valence-corrected chi connectivity index (χ4v) is 1.02. The van der Waals surface area contributed by atoms with Crippen LogP contribution in [0.4, 0.5) is 0 Å². The molecule has 0 unspecified atom stereocenters. The first-order valence-corrected chi connectivity index (χ1v) is 3.99. The van der Waals surface area contributed by atoms with Crippen molar-refractivity contribution in [3.8, 4) is 5.75 Å². The molecule has 0 aromatic heterocycles. The van der Waals surface area contributed by atoms with Crippen LogP contribution in [0.2, 0.25) is 0 Å². The number of benzene rings is 1. The quantitative estimate of drug-likeness (QED) is 0.530. The van der Waals surface area contributed by atoms with Crippen molar-refractivity contribution < 1.29 is 48.2 Å². The molecule has 0 atom stereocenters. The van der Waals surface area contributed by atoms with Crippen LogP contribution in [-0.4, -0.2) is 7.11 Å². The van der Waals surface area contributed by atoms with Crippen LogP contribution in [0, 0.1) is 6.08 Å². The van der Waals surface area contributed by atoms with Gasteiger partial charge in [-0.3, -0.25) is 0 Å². The summed E-state index contributed by atoms with van der Waals surface area (Å²) in [5.74, 6) is 0.904. The molecule has 0 N–H and O–H groups in total. The topological polar surface area (TPSA) is 9.23 Å². The maximum atomic E-state index is 5.05. The average molecular weight is 354 g/mol. The Morgan fingerprint density at radius 2 is 1.86 bits per heavy atom. The minimum Gasteiger partial charge on any atom is -1.00 e. The third kappa shape index (κ3) is 5.76. The van der Waals surface area contributed by atoms with Crippen LogP contribution < -0.4 is 28.7 Å². The van der Waals surface area contributed by atoms with Crippen LogP contribution in [-0.2, 0) is 25.9 Å². The molecule has 0 saturated carbocycles. The zero-order valence-corrected chi connectivity index (χ0v) is 13.5. The van der Waals surface area contributed by atoms with Crippen LogP contribution in [0.5, 0.6) is 5.75 Å². The summed E-state index contributed by atoms with van der Waals surface area (Å²) in [6.07, 6.45) is 4.78. The van der Waals surface area contributed by atoms with Crippen LogP contribution in [0.3, 0.4) is 0 Å². The van der Waals surface area contributed by atoms with E-state index >= 15 is 0 Å². The largest absolute Gasteiger partial charge is 1.00 e. The predicted octanol–water partition coefficient (Wildman–Crippen LogP) is -0.382. The molecule has 0 heterocycles. The Morgan fingerprint density at radius 1 is 1.29 bits per heavy atom. The maximum Gasteiger partial charge on any atom is 0.118 e. The van der Waals surface area contributed by atoms with Gasteiger partial charge in [-0.2, -0.15) is 0 Å². The predicted molar refractivity (Wildman–Crippen MR) is 50.2 cm³/mol. The number of halogens is 1. The molecule has 1 aromatic rings. The number of allylic oxidation sites excluding steroid dienone is 1. The van der Waals surface area contributed by atoms with Gasteiger partial charge in [-0.25, -0.2) is 0 Å². The van der Waals surface area contributed by atoms with Crippen LogP contribution in [0.1, 0.15) is 12.0 Å². The molecule has 1 nitrogen and oxygen atoms in total. The van der Waals surface area contributed by atoms with Crippen molar-refractivity contribution >= 4 is 0 Å². The average Bonchev–Trinajstić information content (AvgIpc) is 2.15. The van der Waals surface area contributed by atoms with Crippen molar-refractivity contribution in [2.45, 2.75) is 12.8 Å². The standard InChI is InChI=1S/C11H13O.HI.Zn/c1-3-4-5-10-6-8-11(12-2)9-7-10;;/h6-9H,1,4-5H2,2H3;1H;/p-1. The molecule has 0 bridgehead atoms. The Labute approximate surface area is 116 Å². The van der Waals surface area contributed by atoms with Crippen molar-refractivity contribution in [2.24, 2.45) is 0 Å². The van der Waals surface area contributed by atoms with Crippen molar-refractivity contribution in [1.82, 2.24) is 0 Å². The zero-order chi connectivity index (χ0) is 8.81. The van der Waals surface area contributed by atoms with E-state index in [4.69, 9.17) is 4.74 Å². The van der Waals surface area contributed by atoms with Gasteiger partial charge in [0.25, 0.3) is 0 Å². The van der Waals surface area contributed by atoms with E-state index in [9.17, 15) is 0 Å². The second-order valence-corrected chi connectivity index (χ2v) is 2.60. The summed E-state index contributed by atoms with van der Waals surface area (Å²) in [6.45, 7) is 3.56. The van der Waals surface area contributed by atoms with Gasteiger partial charge in [-0.15, -0.1) is 0 Å². The third-order valence-electron chi connectivity index (χ3n) is 1.75. The molecule has 3 heteroatoms. The van der Waals surface area contributed by atoms with E-state index in [0.29, 0.717) is 0 Å². The van der Waals surface area contributed by atoms with Crippen LogP contribution in [0.15, 0.2) is 30.8 Å². The first-order valence-electron chi connectivity index (χ1n) is 3.99. The molecule has 0 aliphatic carbocycles. The summed E-state index contributed by atoms with van der Waals surface area (Å²) in [5, 5.41) is 0. The van der Waals surface area contributed by atoms with Crippen molar-refractivity contribution in [2.75, 3.05) is 7.11 Å². The minimum atomic E-state index is 0. The van der Waals surface area contributed by atoms with E-state index in [1.807, 2.05) is 12.1 Å². The number of ether oxygens (including phenoxy) is 1. The summed E-state index contributed by atoms with van der Waals surface area (Å²) in [6, 6.07) is 8.07. The van der Waals surface area contributed by atoms with Gasteiger partial charge in [0.15, 0.2) is 0 Å². The maximum absolute atomic E-state index is 5.05. The molecule has 0 aliphatic heterocycles. The van der Waals surface area contributed by atoms with Gasteiger partial charge in [0.1, 0.15) is 5.75 Å². The number of hydrogen-bond donors (Lipinski definition) is 0. The molecular formula is C11H13IOZn-. The van der Waals surface area contributed by atoms with Gasteiger partial charge in [0, 0.05) is 19.5 Å². The normalized spacial score (nSPS) is 8.07. The number of rotatable bonds is 4. The number of hydrogen-bond acceptors (Lipinski definition) is 1. The fraction of sp³-hybridized carbons (Fsp3) is 0.273. The molecule has 0 fully saturated rings. The van der Waals surface area contributed by atoms with E-state index in [2.05, 4.69) is 24.8 Å². The third-order valence-corrected chi connectivity index (χ3v) is 1.75. The zero-order valence-electron chi connectivity index (χ0n) is 8.42. The SMILES string of the molecule is C=[C]CCc1ccc(OC)cc1.[I-].[Zn]. The second kappa shape index (κ2) is 9.66. The number of aryl methyl sites for hydroxylation is 1. The van der Waals surface area contributed by atoms with E-state index in [1.54, 1.807) is 7.11 Å². The molecule has 1 radical (unpaired) electrons. The van der Waals surface area contributed by atoms with E-state index in [1.165, 1.54) is 5.56 Å². The Bertz CT molecular complexity index is 246. The van der Waals surface area contributed by atoms with Crippen molar-refractivity contribution in [1.29, 1.82) is 0 Å². The summed E-state index contributed by atoms with van der Waals surface area (Å²) in [4.78, 5) is 0. The van der Waals surface area contributed by atoms with Gasteiger partial charge in [-0.05, 0) is 30.5 Å². The monoisotopic (exact) mass is 352 g/mol. The van der Waals surface area contributed by atoms with Gasteiger partial charge in [-0.1, -0.05) is 24.8 Å². The van der Waals surface area contributed by atoms with Crippen molar-refractivity contribution in [3.05, 3.63) is 42.5 Å². The Hall–Kier alpha value is 0.113. The van der Waals surface area contributed by atoms with E-state index in [0.717, 1.165) is 18.6 Å². The summed E-state index contributed by atoms with van der Waals surface area (Å²) in [5.41, 5.74) is 1.30. The van der Waals surface area contributed by atoms with Gasteiger partial charge in [0.05, 0.1) is 7.11 Å². The molecule has 0 aliphatic rings. The smallest absolute Gasteiger partial charge is 0.118 e. The molecule has 0 spiro atoms. The Kier molecular flexibility index (Phi) is 11.4. The summed E-state index contributed by atoms with van der Waals surface area (Å²) in [7, 11) is 1.67. The van der Waals surface area contributed by atoms with Gasteiger partial charge >= 0.3 is 0 Å².